The van der Waals surface area contributed by atoms with Crippen LogP contribution in [0.25, 0.3) is 0 Å². The van der Waals surface area contributed by atoms with Gasteiger partial charge >= 0.3 is 0 Å². The molecular formula is C21H25BrN2O2. The Bertz CT molecular complexity index is 831. The fourth-order valence-electron chi connectivity index (χ4n) is 2.43. The van der Waals surface area contributed by atoms with Gasteiger partial charge in [0.05, 0.1) is 16.5 Å². The van der Waals surface area contributed by atoms with E-state index in [-0.39, 0.29) is 12.4 Å². The van der Waals surface area contributed by atoms with E-state index in [0.29, 0.717) is 11.3 Å². The fraction of sp³-hybridized carbons (Fsp3) is 0.333. The smallest absolute Gasteiger partial charge is 0.200 e. The molecule has 0 amide bonds. The first-order chi connectivity index (χ1) is 12.3. The zero-order valence-electron chi connectivity index (χ0n) is 16.0. The Labute approximate surface area is 164 Å². The summed E-state index contributed by atoms with van der Waals surface area (Å²) in [5.74, 6) is 0.636. The van der Waals surface area contributed by atoms with E-state index in [1.165, 1.54) is 0 Å². The maximum atomic E-state index is 12.6. The van der Waals surface area contributed by atoms with Gasteiger partial charge in [0.2, 0.25) is 0 Å². The second-order valence-corrected chi connectivity index (χ2v) is 7.27. The van der Waals surface area contributed by atoms with E-state index in [1.54, 1.807) is 0 Å². The Morgan fingerprint density at radius 3 is 2.62 bits per heavy atom. The standard InChI is InChI=1S/C21H25BrN2O2/c1-6-24(5)13-23-19-11-15(3)17(10-16(19)4)20(25)12-26-21-9-14(2)7-8-18(21)22/h7-11,13H,6,12H2,1-5H3/b23-13-. The monoisotopic (exact) mass is 416 g/mol. The van der Waals surface area contributed by atoms with Gasteiger partial charge in [0.15, 0.2) is 12.4 Å². The van der Waals surface area contributed by atoms with Crippen LogP contribution in [0.3, 0.4) is 0 Å². The van der Waals surface area contributed by atoms with Crippen LogP contribution in [-0.4, -0.2) is 37.2 Å². The number of halogens is 1. The Balaban J connectivity index is 2.15. The lowest BCUT2D eigenvalue weighted by molar-refractivity contribution is 0.0920. The van der Waals surface area contributed by atoms with Crippen LogP contribution < -0.4 is 4.74 Å². The highest BCUT2D eigenvalue weighted by atomic mass is 79.9. The summed E-state index contributed by atoms with van der Waals surface area (Å²) in [6, 6.07) is 9.67. The maximum absolute atomic E-state index is 12.6. The number of hydrogen-bond donors (Lipinski definition) is 0. The van der Waals surface area contributed by atoms with E-state index in [2.05, 4.69) is 27.8 Å². The predicted molar refractivity (Wildman–Crippen MR) is 111 cm³/mol. The van der Waals surface area contributed by atoms with Crippen LogP contribution in [0, 0.1) is 20.8 Å². The summed E-state index contributed by atoms with van der Waals surface area (Å²) < 4.78 is 6.56. The van der Waals surface area contributed by atoms with Crippen molar-refractivity contribution < 1.29 is 9.53 Å². The third-order valence-electron chi connectivity index (χ3n) is 4.18. The van der Waals surface area contributed by atoms with Gasteiger partial charge in [-0.15, -0.1) is 0 Å². The SMILES string of the molecule is CCN(C)/C=N\c1cc(C)c(C(=O)COc2cc(C)ccc2Br)cc1C. The lowest BCUT2D eigenvalue weighted by Crippen LogP contribution is -2.14. The van der Waals surface area contributed by atoms with Crippen molar-refractivity contribution in [3.8, 4) is 5.75 Å². The predicted octanol–water partition coefficient (Wildman–Crippen LogP) is 5.25. The van der Waals surface area contributed by atoms with E-state index in [9.17, 15) is 4.79 Å². The first-order valence-corrected chi connectivity index (χ1v) is 9.39. The van der Waals surface area contributed by atoms with Crippen LogP contribution in [0.2, 0.25) is 0 Å². The van der Waals surface area contributed by atoms with Crippen molar-refractivity contribution in [3.63, 3.8) is 0 Å². The number of ketones is 1. The molecule has 0 spiro atoms. The van der Waals surface area contributed by atoms with E-state index in [4.69, 9.17) is 4.74 Å². The first kappa shape index (κ1) is 20.2. The average Bonchev–Trinajstić information content (AvgIpc) is 2.62. The molecule has 0 aliphatic heterocycles. The van der Waals surface area contributed by atoms with Gasteiger partial charge in [0.25, 0.3) is 0 Å². The normalized spacial score (nSPS) is 11.0. The number of Topliss-reactive ketones (excluding diaryl/α,β-unsaturated/α-hetero) is 1. The molecule has 0 aliphatic carbocycles. The number of aryl methyl sites for hydroxylation is 3. The Hall–Kier alpha value is -2.14. The van der Waals surface area contributed by atoms with Crippen molar-refractivity contribution in [1.82, 2.24) is 4.90 Å². The minimum absolute atomic E-state index is 0.00349. The van der Waals surface area contributed by atoms with E-state index in [0.717, 1.165) is 33.4 Å². The highest BCUT2D eigenvalue weighted by molar-refractivity contribution is 9.10. The Kier molecular flexibility index (Phi) is 6.98. The molecule has 0 aliphatic rings. The van der Waals surface area contributed by atoms with Gasteiger partial charge in [-0.3, -0.25) is 4.79 Å². The zero-order valence-corrected chi connectivity index (χ0v) is 17.6. The summed E-state index contributed by atoms with van der Waals surface area (Å²) in [4.78, 5) is 19.1. The molecule has 4 nitrogen and oxygen atoms in total. The fourth-order valence-corrected chi connectivity index (χ4v) is 2.79. The van der Waals surface area contributed by atoms with Gasteiger partial charge in [-0.2, -0.15) is 0 Å². The molecule has 2 aromatic carbocycles. The van der Waals surface area contributed by atoms with Gasteiger partial charge in [-0.25, -0.2) is 4.99 Å². The average molecular weight is 417 g/mol. The summed E-state index contributed by atoms with van der Waals surface area (Å²) in [7, 11) is 1.98. The highest BCUT2D eigenvalue weighted by Crippen LogP contribution is 2.27. The number of benzene rings is 2. The van der Waals surface area contributed by atoms with Crippen LogP contribution in [0.15, 0.2) is 39.8 Å². The van der Waals surface area contributed by atoms with Crippen molar-refractivity contribution in [2.24, 2.45) is 4.99 Å². The minimum atomic E-state index is -0.0415. The number of hydrogen-bond acceptors (Lipinski definition) is 3. The largest absolute Gasteiger partial charge is 0.484 e. The molecule has 0 saturated carbocycles. The van der Waals surface area contributed by atoms with E-state index >= 15 is 0 Å². The van der Waals surface area contributed by atoms with Gasteiger partial charge in [-0.05, 0) is 84.6 Å². The molecule has 138 valence electrons. The molecule has 2 aromatic rings. The molecule has 0 bridgehead atoms. The molecule has 0 unspecified atom stereocenters. The number of carbonyl (C=O) groups excluding carboxylic acids is 1. The van der Waals surface area contributed by atoms with Gasteiger partial charge in [-0.1, -0.05) is 6.07 Å². The van der Waals surface area contributed by atoms with Crippen LogP contribution in [-0.2, 0) is 0 Å². The van der Waals surface area contributed by atoms with Crippen molar-refractivity contribution in [2.45, 2.75) is 27.7 Å². The quantitative estimate of drug-likeness (QED) is 0.351. The Morgan fingerprint density at radius 2 is 1.92 bits per heavy atom. The summed E-state index contributed by atoms with van der Waals surface area (Å²) >= 11 is 3.45. The third kappa shape index (κ3) is 5.18. The summed E-state index contributed by atoms with van der Waals surface area (Å²) in [6.07, 6.45) is 1.81. The summed E-state index contributed by atoms with van der Waals surface area (Å²) in [5.41, 5.74) is 4.51. The zero-order chi connectivity index (χ0) is 19.3. The number of rotatable bonds is 7. The van der Waals surface area contributed by atoms with E-state index in [1.807, 2.05) is 69.4 Å². The molecule has 0 N–H and O–H groups in total. The van der Waals surface area contributed by atoms with Crippen molar-refractivity contribution in [2.75, 3.05) is 20.2 Å². The minimum Gasteiger partial charge on any atom is -0.484 e. The lowest BCUT2D eigenvalue weighted by atomic mass is 10.0. The summed E-state index contributed by atoms with van der Waals surface area (Å²) in [5, 5.41) is 0. The molecule has 2 rings (SSSR count). The van der Waals surface area contributed by atoms with Crippen molar-refractivity contribution >= 4 is 33.7 Å². The summed E-state index contributed by atoms with van der Waals surface area (Å²) in [6.45, 7) is 8.85. The van der Waals surface area contributed by atoms with Crippen LogP contribution in [0.1, 0.15) is 34.0 Å². The second-order valence-electron chi connectivity index (χ2n) is 6.42. The highest BCUT2D eigenvalue weighted by Gasteiger charge is 2.13. The van der Waals surface area contributed by atoms with Gasteiger partial charge < -0.3 is 9.64 Å². The van der Waals surface area contributed by atoms with Crippen molar-refractivity contribution in [3.05, 3.63) is 57.1 Å². The van der Waals surface area contributed by atoms with Gasteiger partial charge in [0.1, 0.15) is 5.75 Å². The molecule has 0 fully saturated rings. The molecule has 0 heterocycles. The molecule has 0 aromatic heterocycles. The van der Waals surface area contributed by atoms with Gasteiger partial charge in [0, 0.05) is 19.2 Å². The number of carbonyl (C=O) groups is 1. The van der Waals surface area contributed by atoms with Crippen LogP contribution in [0.4, 0.5) is 5.69 Å². The van der Waals surface area contributed by atoms with Crippen LogP contribution >= 0.6 is 15.9 Å². The molecular weight excluding hydrogens is 392 g/mol. The number of aliphatic imine (C=N–C) groups is 1. The lowest BCUT2D eigenvalue weighted by Gasteiger charge is -2.12. The first-order valence-electron chi connectivity index (χ1n) is 8.59. The molecule has 0 radical (unpaired) electrons. The molecule has 5 heteroatoms. The second kappa shape index (κ2) is 8.99. The van der Waals surface area contributed by atoms with Crippen molar-refractivity contribution in [1.29, 1.82) is 0 Å². The topological polar surface area (TPSA) is 41.9 Å². The van der Waals surface area contributed by atoms with E-state index < -0.39 is 0 Å². The molecule has 26 heavy (non-hydrogen) atoms. The molecule has 0 saturated heterocycles. The molecule has 0 atom stereocenters. The Morgan fingerprint density at radius 1 is 1.19 bits per heavy atom. The third-order valence-corrected chi connectivity index (χ3v) is 4.84. The number of ether oxygens (including phenoxy) is 1. The van der Waals surface area contributed by atoms with Crippen LogP contribution in [0.5, 0.6) is 5.75 Å². The number of nitrogens with zero attached hydrogens (tertiary/aromatic N) is 2. The maximum Gasteiger partial charge on any atom is 0.200 e.